The molecule has 2 nitrogen and oxygen atoms in total. The number of carbonyl (C=O) groups is 1. The van der Waals surface area contributed by atoms with Crippen LogP contribution in [0.1, 0.15) is 30.0 Å². The van der Waals surface area contributed by atoms with Crippen molar-refractivity contribution in [2.45, 2.75) is 33.6 Å². The van der Waals surface area contributed by atoms with Gasteiger partial charge in [-0.15, -0.1) is 0 Å². The van der Waals surface area contributed by atoms with Gasteiger partial charge in [0.1, 0.15) is 5.78 Å². The number of hydrogen-bond acceptors (Lipinski definition) is 2. The number of hydrogen-bond donors (Lipinski definition) is 1. The van der Waals surface area contributed by atoms with Crippen molar-refractivity contribution in [1.82, 2.24) is 5.32 Å². The Hall–Kier alpha value is -1.15. The van der Waals surface area contributed by atoms with Crippen LogP contribution in [-0.2, 0) is 11.2 Å². The van der Waals surface area contributed by atoms with Crippen LogP contribution in [0.4, 0.5) is 0 Å². The van der Waals surface area contributed by atoms with Crippen molar-refractivity contribution < 1.29 is 4.79 Å². The Bertz CT molecular complexity index is 338. The zero-order chi connectivity index (χ0) is 12.0. The van der Waals surface area contributed by atoms with Crippen molar-refractivity contribution >= 4 is 5.78 Å². The SMILES string of the molecule is CCNCCC(=O)Cc1c(C)cccc1C. The summed E-state index contributed by atoms with van der Waals surface area (Å²) >= 11 is 0. The Morgan fingerprint density at radius 3 is 2.44 bits per heavy atom. The number of nitrogens with one attached hydrogen (secondary N) is 1. The quantitative estimate of drug-likeness (QED) is 0.744. The van der Waals surface area contributed by atoms with E-state index >= 15 is 0 Å². The van der Waals surface area contributed by atoms with Crippen LogP contribution in [0.15, 0.2) is 18.2 Å². The molecule has 16 heavy (non-hydrogen) atoms. The van der Waals surface area contributed by atoms with Gasteiger partial charge in [-0.25, -0.2) is 0 Å². The molecule has 0 spiro atoms. The third-order valence-corrected chi connectivity index (χ3v) is 2.85. The van der Waals surface area contributed by atoms with E-state index in [-0.39, 0.29) is 0 Å². The van der Waals surface area contributed by atoms with Crippen molar-refractivity contribution in [2.24, 2.45) is 0 Å². The fourth-order valence-corrected chi connectivity index (χ4v) is 1.82. The van der Waals surface area contributed by atoms with E-state index in [2.05, 4.69) is 38.2 Å². The van der Waals surface area contributed by atoms with Crippen LogP contribution in [0, 0.1) is 13.8 Å². The van der Waals surface area contributed by atoms with Gasteiger partial charge in [0.25, 0.3) is 0 Å². The number of benzene rings is 1. The molecule has 1 rings (SSSR count). The average Bonchev–Trinajstić information content (AvgIpc) is 2.24. The van der Waals surface area contributed by atoms with Crippen molar-refractivity contribution in [2.75, 3.05) is 13.1 Å². The Labute approximate surface area is 98.1 Å². The lowest BCUT2D eigenvalue weighted by Gasteiger charge is -2.08. The minimum atomic E-state index is 0.318. The van der Waals surface area contributed by atoms with Gasteiger partial charge < -0.3 is 5.32 Å². The number of rotatable bonds is 6. The molecule has 1 aromatic carbocycles. The Morgan fingerprint density at radius 2 is 1.88 bits per heavy atom. The summed E-state index contributed by atoms with van der Waals surface area (Å²) in [6, 6.07) is 6.18. The lowest BCUT2D eigenvalue weighted by molar-refractivity contribution is -0.118. The summed E-state index contributed by atoms with van der Waals surface area (Å²) in [7, 11) is 0. The van der Waals surface area contributed by atoms with Gasteiger partial charge in [0.05, 0.1) is 0 Å². The second kappa shape index (κ2) is 6.44. The standard InChI is InChI=1S/C14H21NO/c1-4-15-9-8-13(16)10-14-11(2)6-5-7-12(14)3/h5-7,15H,4,8-10H2,1-3H3. The van der Waals surface area contributed by atoms with Gasteiger partial charge in [0, 0.05) is 19.4 Å². The normalized spacial score (nSPS) is 10.4. The maximum absolute atomic E-state index is 11.8. The fourth-order valence-electron chi connectivity index (χ4n) is 1.82. The molecule has 0 aliphatic heterocycles. The topological polar surface area (TPSA) is 29.1 Å². The molecule has 88 valence electrons. The molecule has 0 amide bonds. The van der Waals surface area contributed by atoms with Crippen LogP contribution in [0.25, 0.3) is 0 Å². The van der Waals surface area contributed by atoms with Crippen molar-refractivity contribution in [1.29, 1.82) is 0 Å². The molecule has 1 N–H and O–H groups in total. The maximum atomic E-state index is 11.8. The predicted molar refractivity (Wildman–Crippen MR) is 67.8 cm³/mol. The van der Waals surface area contributed by atoms with Crippen LogP contribution in [0.5, 0.6) is 0 Å². The van der Waals surface area contributed by atoms with E-state index in [1.807, 2.05) is 6.07 Å². The highest BCUT2D eigenvalue weighted by atomic mass is 16.1. The molecule has 2 heteroatoms. The average molecular weight is 219 g/mol. The molecule has 0 fully saturated rings. The summed E-state index contributed by atoms with van der Waals surface area (Å²) in [6.07, 6.45) is 1.20. The van der Waals surface area contributed by atoms with Gasteiger partial charge in [-0.2, -0.15) is 0 Å². The van der Waals surface area contributed by atoms with E-state index in [0.717, 1.165) is 13.1 Å². The highest BCUT2D eigenvalue weighted by molar-refractivity contribution is 5.81. The van der Waals surface area contributed by atoms with E-state index in [4.69, 9.17) is 0 Å². The smallest absolute Gasteiger partial charge is 0.138 e. The van der Waals surface area contributed by atoms with E-state index in [0.29, 0.717) is 18.6 Å². The lowest BCUT2D eigenvalue weighted by atomic mass is 9.97. The molecule has 0 saturated carbocycles. The molecule has 0 heterocycles. The second-order valence-electron chi connectivity index (χ2n) is 4.19. The third kappa shape index (κ3) is 3.78. The Morgan fingerprint density at radius 1 is 1.25 bits per heavy atom. The summed E-state index contributed by atoms with van der Waals surface area (Å²) < 4.78 is 0. The molecular formula is C14H21NO. The van der Waals surface area contributed by atoms with E-state index < -0.39 is 0 Å². The molecule has 1 aromatic rings. The summed E-state index contributed by atoms with van der Waals surface area (Å²) in [6.45, 7) is 7.91. The number of aryl methyl sites for hydroxylation is 2. The number of ketones is 1. The number of carbonyl (C=O) groups excluding carboxylic acids is 1. The highest BCUT2D eigenvalue weighted by Crippen LogP contribution is 2.14. The van der Waals surface area contributed by atoms with Gasteiger partial charge in [0.15, 0.2) is 0 Å². The van der Waals surface area contributed by atoms with Crippen LogP contribution >= 0.6 is 0 Å². The van der Waals surface area contributed by atoms with E-state index in [1.165, 1.54) is 16.7 Å². The first-order valence-electron chi connectivity index (χ1n) is 5.92. The molecule has 0 saturated heterocycles. The molecule has 0 aromatic heterocycles. The summed E-state index contributed by atoms with van der Waals surface area (Å²) in [4.78, 5) is 11.8. The van der Waals surface area contributed by atoms with Gasteiger partial charge in [-0.05, 0) is 37.1 Å². The van der Waals surface area contributed by atoms with Gasteiger partial charge >= 0.3 is 0 Å². The van der Waals surface area contributed by atoms with Crippen LogP contribution < -0.4 is 5.32 Å². The predicted octanol–water partition coefficient (Wildman–Crippen LogP) is 2.41. The Balaban J connectivity index is 2.56. The zero-order valence-corrected chi connectivity index (χ0v) is 10.5. The molecule has 0 bridgehead atoms. The summed E-state index contributed by atoms with van der Waals surface area (Å²) in [5, 5.41) is 3.17. The zero-order valence-electron chi connectivity index (χ0n) is 10.5. The van der Waals surface area contributed by atoms with E-state index in [1.54, 1.807) is 0 Å². The van der Waals surface area contributed by atoms with Gasteiger partial charge in [-0.3, -0.25) is 4.79 Å². The minimum absolute atomic E-state index is 0.318. The first-order valence-corrected chi connectivity index (χ1v) is 5.92. The molecular weight excluding hydrogens is 198 g/mol. The van der Waals surface area contributed by atoms with Crippen molar-refractivity contribution in [3.8, 4) is 0 Å². The fraction of sp³-hybridized carbons (Fsp3) is 0.500. The van der Waals surface area contributed by atoms with Gasteiger partial charge in [0.2, 0.25) is 0 Å². The van der Waals surface area contributed by atoms with Crippen LogP contribution in [0.3, 0.4) is 0 Å². The second-order valence-corrected chi connectivity index (χ2v) is 4.19. The van der Waals surface area contributed by atoms with Crippen molar-refractivity contribution in [3.05, 3.63) is 34.9 Å². The summed E-state index contributed by atoms with van der Waals surface area (Å²) in [5.41, 5.74) is 3.64. The molecule has 0 aliphatic rings. The van der Waals surface area contributed by atoms with Crippen molar-refractivity contribution in [3.63, 3.8) is 0 Å². The molecule has 0 atom stereocenters. The maximum Gasteiger partial charge on any atom is 0.138 e. The largest absolute Gasteiger partial charge is 0.317 e. The van der Waals surface area contributed by atoms with Crippen LogP contribution in [-0.4, -0.2) is 18.9 Å². The first-order chi connectivity index (χ1) is 7.65. The van der Waals surface area contributed by atoms with Gasteiger partial charge in [-0.1, -0.05) is 25.1 Å². The molecule has 0 aliphatic carbocycles. The Kier molecular flexibility index (Phi) is 5.20. The molecule has 0 unspecified atom stereocenters. The summed E-state index contributed by atoms with van der Waals surface area (Å²) in [5.74, 6) is 0.318. The number of Topliss-reactive ketones (excluding diaryl/α,β-unsaturated/α-hetero) is 1. The minimum Gasteiger partial charge on any atom is -0.317 e. The van der Waals surface area contributed by atoms with Crippen LogP contribution in [0.2, 0.25) is 0 Å². The third-order valence-electron chi connectivity index (χ3n) is 2.85. The lowest BCUT2D eigenvalue weighted by Crippen LogP contribution is -2.18. The first kappa shape index (κ1) is 12.9. The van der Waals surface area contributed by atoms with E-state index in [9.17, 15) is 4.79 Å². The monoisotopic (exact) mass is 219 g/mol. The molecule has 0 radical (unpaired) electrons. The highest BCUT2D eigenvalue weighted by Gasteiger charge is 2.07.